The SMILES string of the molecule is Cc1oc2ccc(O)c(CN3CCC[C@@H](C)C3)c2c1C(=O)Nc1ccccc1. The van der Waals surface area contributed by atoms with Crippen LogP contribution in [0.4, 0.5) is 5.69 Å². The number of phenolic OH excluding ortho intramolecular Hbond substituents is 1. The van der Waals surface area contributed by atoms with Crippen molar-refractivity contribution in [2.24, 2.45) is 5.92 Å². The summed E-state index contributed by atoms with van der Waals surface area (Å²) in [7, 11) is 0. The summed E-state index contributed by atoms with van der Waals surface area (Å²) in [6, 6.07) is 12.8. The average Bonchev–Trinajstić information content (AvgIpc) is 3.01. The van der Waals surface area contributed by atoms with E-state index in [1.54, 1.807) is 19.1 Å². The lowest BCUT2D eigenvalue weighted by molar-refractivity contribution is 0.102. The van der Waals surface area contributed by atoms with Crippen molar-refractivity contribution in [2.45, 2.75) is 33.2 Å². The second-order valence-electron chi connectivity index (χ2n) is 7.77. The molecule has 1 fully saturated rings. The number of phenols is 1. The minimum absolute atomic E-state index is 0.209. The Bertz CT molecular complexity index is 994. The molecule has 0 bridgehead atoms. The van der Waals surface area contributed by atoms with Gasteiger partial charge in [-0.15, -0.1) is 0 Å². The number of aryl methyl sites for hydroxylation is 1. The lowest BCUT2D eigenvalue weighted by Gasteiger charge is -2.31. The second-order valence-corrected chi connectivity index (χ2v) is 7.77. The van der Waals surface area contributed by atoms with Crippen molar-refractivity contribution in [3.8, 4) is 5.75 Å². The van der Waals surface area contributed by atoms with E-state index in [9.17, 15) is 9.90 Å². The van der Waals surface area contributed by atoms with Gasteiger partial charge in [0.2, 0.25) is 0 Å². The van der Waals surface area contributed by atoms with Crippen molar-refractivity contribution in [1.29, 1.82) is 0 Å². The molecule has 0 aliphatic carbocycles. The van der Waals surface area contributed by atoms with Gasteiger partial charge in [-0.1, -0.05) is 25.1 Å². The summed E-state index contributed by atoms with van der Waals surface area (Å²) in [5.74, 6) is 1.19. The minimum Gasteiger partial charge on any atom is -0.508 e. The van der Waals surface area contributed by atoms with Gasteiger partial charge < -0.3 is 14.8 Å². The number of furan rings is 1. The summed E-state index contributed by atoms with van der Waals surface area (Å²) in [6.07, 6.45) is 2.39. The van der Waals surface area contributed by atoms with Crippen LogP contribution in [-0.2, 0) is 6.54 Å². The first kappa shape index (κ1) is 18.6. The zero-order valence-electron chi connectivity index (χ0n) is 16.4. The summed E-state index contributed by atoms with van der Waals surface area (Å²) in [5, 5.41) is 14.3. The molecule has 0 unspecified atom stereocenters. The normalized spacial score (nSPS) is 17.7. The van der Waals surface area contributed by atoms with Crippen LogP contribution in [0.5, 0.6) is 5.75 Å². The fourth-order valence-electron chi connectivity index (χ4n) is 4.17. The fraction of sp³-hybridized carbons (Fsp3) is 0.348. The van der Waals surface area contributed by atoms with Gasteiger partial charge in [-0.3, -0.25) is 9.69 Å². The van der Waals surface area contributed by atoms with Gasteiger partial charge in [-0.05, 0) is 56.5 Å². The third-order valence-corrected chi connectivity index (χ3v) is 5.50. The van der Waals surface area contributed by atoms with Crippen LogP contribution in [0.15, 0.2) is 46.9 Å². The second kappa shape index (κ2) is 7.68. The maximum absolute atomic E-state index is 13.1. The molecule has 2 N–H and O–H groups in total. The Kier molecular flexibility index (Phi) is 5.09. The summed E-state index contributed by atoms with van der Waals surface area (Å²) in [4.78, 5) is 15.4. The minimum atomic E-state index is -0.221. The predicted molar refractivity (Wildman–Crippen MR) is 111 cm³/mol. The van der Waals surface area contributed by atoms with Crippen LogP contribution >= 0.6 is 0 Å². The highest BCUT2D eigenvalue weighted by atomic mass is 16.3. The maximum atomic E-state index is 13.1. The summed E-state index contributed by atoms with van der Waals surface area (Å²) in [6.45, 7) is 6.66. The van der Waals surface area contributed by atoms with Crippen LogP contribution in [0.2, 0.25) is 0 Å². The third kappa shape index (κ3) is 3.62. The quantitative estimate of drug-likeness (QED) is 0.675. The van der Waals surface area contributed by atoms with Crippen molar-refractivity contribution in [1.82, 2.24) is 4.90 Å². The number of nitrogens with one attached hydrogen (secondary N) is 1. The van der Waals surface area contributed by atoms with Crippen molar-refractivity contribution in [3.05, 3.63) is 59.4 Å². The molecule has 0 radical (unpaired) electrons. The lowest BCUT2D eigenvalue weighted by atomic mass is 9.98. The number of para-hydroxylation sites is 1. The first-order valence-electron chi connectivity index (χ1n) is 9.85. The Morgan fingerprint density at radius 1 is 1.25 bits per heavy atom. The Labute approximate surface area is 165 Å². The molecule has 4 rings (SSSR count). The summed E-state index contributed by atoms with van der Waals surface area (Å²) < 4.78 is 5.87. The Hall–Kier alpha value is -2.79. The van der Waals surface area contributed by atoms with E-state index in [0.717, 1.165) is 30.8 Å². The number of hydrogen-bond donors (Lipinski definition) is 2. The van der Waals surface area contributed by atoms with E-state index in [0.29, 0.717) is 34.8 Å². The molecule has 28 heavy (non-hydrogen) atoms. The first-order chi connectivity index (χ1) is 13.5. The smallest absolute Gasteiger partial charge is 0.259 e. The highest BCUT2D eigenvalue weighted by molar-refractivity contribution is 6.14. The molecule has 0 saturated carbocycles. The van der Waals surface area contributed by atoms with Crippen LogP contribution in [0.25, 0.3) is 11.0 Å². The molecule has 5 nitrogen and oxygen atoms in total. The van der Waals surface area contributed by atoms with Crippen molar-refractivity contribution in [3.63, 3.8) is 0 Å². The third-order valence-electron chi connectivity index (χ3n) is 5.50. The molecule has 0 spiro atoms. The van der Waals surface area contributed by atoms with Gasteiger partial charge in [-0.25, -0.2) is 0 Å². The van der Waals surface area contributed by atoms with Gasteiger partial charge in [0.25, 0.3) is 5.91 Å². The monoisotopic (exact) mass is 378 g/mol. The number of likely N-dealkylation sites (tertiary alicyclic amines) is 1. The number of anilines is 1. The molecule has 1 amide bonds. The fourth-order valence-corrected chi connectivity index (χ4v) is 4.17. The number of piperidine rings is 1. The van der Waals surface area contributed by atoms with Gasteiger partial charge >= 0.3 is 0 Å². The number of benzene rings is 2. The maximum Gasteiger partial charge on any atom is 0.259 e. The highest BCUT2D eigenvalue weighted by Crippen LogP contribution is 2.35. The van der Waals surface area contributed by atoms with E-state index in [-0.39, 0.29) is 11.7 Å². The Balaban J connectivity index is 1.73. The number of fused-ring (bicyclic) bond motifs is 1. The Morgan fingerprint density at radius 3 is 2.79 bits per heavy atom. The standard InChI is InChI=1S/C23H26N2O3/c1-15-7-6-12-25(13-15)14-18-19(26)10-11-20-22(18)21(16(2)28-20)23(27)24-17-8-4-3-5-9-17/h3-5,8-11,15,26H,6-7,12-14H2,1-2H3,(H,24,27)/t15-/m1/s1. The molecule has 2 aromatic carbocycles. The van der Waals surface area contributed by atoms with Gasteiger partial charge in [0.1, 0.15) is 17.1 Å². The van der Waals surface area contributed by atoms with E-state index in [2.05, 4.69) is 17.1 Å². The molecular weight excluding hydrogens is 352 g/mol. The van der Waals surface area contributed by atoms with Crippen LogP contribution in [0.1, 0.15) is 41.4 Å². The topological polar surface area (TPSA) is 65.7 Å². The van der Waals surface area contributed by atoms with Crippen LogP contribution in [0, 0.1) is 12.8 Å². The van der Waals surface area contributed by atoms with Crippen LogP contribution < -0.4 is 5.32 Å². The molecule has 3 aromatic rings. The van der Waals surface area contributed by atoms with Crippen molar-refractivity contribution in [2.75, 3.05) is 18.4 Å². The molecular formula is C23H26N2O3. The molecule has 1 saturated heterocycles. The highest BCUT2D eigenvalue weighted by Gasteiger charge is 2.25. The average molecular weight is 378 g/mol. The number of rotatable bonds is 4. The van der Waals surface area contributed by atoms with Crippen molar-refractivity contribution >= 4 is 22.6 Å². The van der Waals surface area contributed by atoms with E-state index < -0.39 is 0 Å². The zero-order chi connectivity index (χ0) is 19.7. The van der Waals surface area contributed by atoms with Crippen LogP contribution in [0.3, 0.4) is 0 Å². The van der Waals surface area contributed by atoms with E-state index >= 15 is 0 Å². The van der Waals surface area contributed by atoms with Crippen molar-refractivity contribution < 1.29 is 14.3 Å². The summed E-state index contributed by atoms with van der Waals surface area (Å²) in [5.41, 5.74) is 2.62. The molecule has 5 heteroatoms. The van der Waals surface area contributed by atoms with Crippen LogP contribution in [-0.4, -0.2) is 29.0 Å². The van der Waals surface area contributed by atoms with E-state index in [4.69, 9.17) is 4.42 Å². The number of nitrogens with zero attached hydrogens (tertiary/aromatic N) is 1. The van der Waals surface area contributed by atoms with Gasteiger partial charge in [0.05, 0.1) is 5.56 Å². The molecule has 1 aliphatic heterocycles. The number of aromatic hydroxyl groups is 1. The lowest BCUT2D eigenvalue weighted by Crippen LogP contribution is -2.33. The molecule has 1 aliphatic rings. The molecule has 2 heterocycles. The number of carbonyl (C=O) groups excluding carboxylic acids is 1. The molecule has 1 atom stereocenters. The van der Waals surface area contributed by atoms with Gasteiger partial charge in [0, 0.05) is 29.7 Å². The van der Waals surface area contributed by atoms with E-state index in [1.165, 1.54) is 6.42 Å². The van der Waals surface area contributed by atoms with Gasteiger partial charge in [-0.2, -0.15) is 0 Å². The van der Waals surface area contributed by atoms with Gasteiger partial charge in [0.15, 0.2) is 0 Å². The first-order valence-corrected chi connectivity index (χ1v) is 9.85. The Morgan fingerprint density at radius 2 is 2.04 bits per heavy atom. The zero-order valence-corrected chi connectivity index (χ0v) is 16.4. The molecule has 1 aromatic heterocycles. The number of hydrogen-bond acceptors (Lipinski definition) is 4. The number of amides is 1. The summed E-state index contributed by atoms with van der Waals surface area (Å²) >= 11 is 0. The number of carbonyl (C=O) groups is 1. The predicted octanol–water partition coefficient (Wildman–Crippen LogP) is 4.93. The molecule has 146 valence electrons. The van der Waals surface area contributed by atoms with E-state index in [1.807, 2.05) is 30.3 Å². The largest absolute Gasteiger partial charge is 0.508 e.